The maximum atomic E-state index is 12.0. The van der Waals surface area contributed by atoms with Gasteiger partial charge in [0, 0.05) is 30.3 Å². The molecule has 0 saturated heterocycles. The smallest absolute Gasteiger partial charge is 0.224 e. The van der Waals surface area contributed by atoms with Gasteiger partial charge in [0.25, 0.3) is 0 Å². The molecule has 118 valence electrons. The molecule has 1 aromatic carbocycles. The van der Waals surface area contributed by atoms with Crippen LogP contribution >= 0.6 is 0 Å². The summed E-state index contributed by atoms with van der Waals surface area (Å²) < 4.78 is 0. The highest BCUT2D eigenvalue weighted by atomic mass is 16.3. The second-order valence-electron chi connectivity index (χ2n) is 5.80. The number of rotatable bonds is 8. The molecule has 21 heavy (non-hydrogen) atoms. The molecule has 0 spiro atoms. The van der Waals surface area contributed by atoms with Gasteiger partial charge in [-0.15, -0.1) is 0 Å². The summed E-state index contributed by atoms with van der Waals surface area (Å²) in [5.41, 5.74) is 0.548. The predicted octanol–water partition coefficient (Wildman–Crippen LogP) is 2.84. The molecule has 1 amide bonds. The number of benzene rings is 1. The first-order valence-corrected chi connectivity index (χ1v) is 7.36. The Labute approximate surface area is 126 Å². The molecule has 0 fully saturated rings. The van der Waals surface area contributed by atoms with E-state index in [-0.39, 0.29) is 22.8 Å². The number of phenols is 2. The zero-order valence-corrected chi connectivity index (χ0v) is 13.1. The number of hydrogen-bond donors (Lipinski definition) is 4. The SMILES string of the molecule is CCC(C)(CCNC)CCC(=O)Nc1cc(O)cc(O)c1. The minimum Gasteiger partial charge on any atom is -0.508 e. The zero-order valence-electron chi connectivity index (χ0n) is 13.1. The van der Waals surface area contributed by atoms with Gasteiger partial charge >= 0.3 is 0 Å². The molecule has 1 atom stereocenters. The second kappa shape index (κ2) is 7.88. The maximum Gasteiger partial charge on any atom is 0.224 e. The third kappa shape index (κ3) is 6.04. The van der Waals surface area contributed by atoms with Gasteiger partial charge in [0.05, 0.1) is 0 Å². The molecule has 5 nitrogen and oxygen atoms in total. The number of carbonyl (C=O) groups is 1. The summed E-state index contributed by atoms with van der Waals surface area (Å²) in [6.07, 6.45) is 3.28. The monoisotopic (exact) mass is 294 g/mol. The predicted molar refractivity (Wildman–Crippen MR) is 84.6 cm³/mol. The van der Waals surface area contributed by atoms with Gasteiger partial charge in [0.2, 0.25) is 5.91 Å². The lowest BCUT2D eigenvalue weighted by molar-refractivity contribution is -0.116. The third-order valence-electron chi connectivity index (χ3n) is 3.97. The van der Waals surface area contributed by atoms with Gasteiger partial charge < -0.3 is 20.8 Å². The van der Waals surface area contributed by atoms with E-state index in [1.54, 1.807) is 0 Å². The molecular weight excluding hydrogens is 268 g/mol. The summed E-state index contributed by atoms with van der Waals surface area (Å²) in [6.45, 7) is 5.27. The van der Waals surface area contributed by atoms with Gasteiger partial charge in [-0.3, -0.25) is 4.79 Å². The van der Waals surface area contributed by atoms with Crippen molar-refractivity contribution in [3.05, 3.63) is 18.2 Å². The average Bonchev–Trinajstić information content (AvgIpc) is 2.42. The van der Waals surface area contributed by atoms with Crippen molar-refractivity contribution < 1.29 is 15.0 Å². The highest BCUT2D eigenvalue weighted by molar-refractivity contribution is 5.91. The minimum atomic E-state index is -0.107. The van der Waals surface area contributed by atoms with Crippen LogP contribution in [0.4, 0.5) is 5.69 Å². The molecule has 1 unspecified atom stereocenters. The van der Waals surface area contributed by atoms with Crippen molar-refractivity contribution in [1.29, 1.82) is 0 Å². The number of anilines is 1. The summed E-state index contributed by atoms with van der Waals surface area (Å²) in [4.78, 5) is 12.0. The van der Waals surface area contributed by atoms with E-state index in [0.717, 1.165) is 25.8 Å². The first-order chi connectivity index (χ1) is 9.88. The van der Waals surface area contributed by atoms with Crippen LogP contribution in [0.3, 0.4) is 0 Å². The second-order valence-corrected chi connectivity index (χ2v) is 5.80. The number of hydrogen-bond acceptors (Lipinski definition) is 4. The fourth-order valence-electron chi connectivity index (χ4n) is 2.21. The van der Waals surface area contributed by atoms with Crippen LogP contribution in [0.25, 0.3) is 0 Å². The Hall–Kier alpha value is -1.75. The molecule has 4 N–H and O–H groups in total. The molecule has 1 rings (SSSR count). The highest BCUT2D eigenvalue weighted by Gasteiger charge is 2.22. The van der Waals surface area contributed by atoms with Crippen LogP contribution in [-0.4, -0.2) is 29.7 Å². The van der Waals surface area contributed by atoms with E-state index in [1.165, 1.54) is 18.2 Å². The van der Waals surface area contributed by atoms with Gasteiger partial charge in [-0.25, -0.2) is 0 Å². The van der Waals surface area contributed by atoms with E-state index in [0.29, 0.717) is 12.1 Å². The highest BCUT2D eigenvalue weighted by Crippen LogP contribution is 2.31. The first-order valence-electron chi connectivity index (χ1n) is 7.36. The summed E-state index contributed by atoms with van der Waals surface area (Å²) in [6, 6.07) is 4.05. The normalized spacial score (nSPS) is 13.7. The number of carbonyl (C=O) groups excluding carboxylic acids is 1. The molecule has 0 aliphatic carbocycles. The van der Waals surface area contributed by atoms with E-state index in [1.807, 2.05) is 7.05 Å². The standard InChI is InChI=1S/C16H26N2O3/c1-4-16(2,7-8-17-3)6-5-15(21)18-12-9-13(19)11-14(20)10-12/h9-11,17,19-20H,4-8H2,1-3H3,(H,18,21). The fraction of sp³-hybridized carbons (Fsp3) is 0.562. The Morgan fingerprint density at radius 1 is 1.19 bits per heavy atom. The first kappa shape index (κ1) is 17.3. The quantitative estimate of drug-likeness (QED) is 0.594. The number of amides is 1. The van der Waals surface area contributed by atoms with E-state index < -0.39 is 0 Å². The van der Waals surface area contributed by atoms with Crippen LogP contribution < -0.4 is 10.6 Å². The van der Waals surface area contributed by atoms with Crippen molar-refractivity contribution in [3.63, 3.8) is 0 Å². The van der Waals surface area contributed by atoms with Gasteiger partial charge in [0.15, 0.2) is 0 Å². The lowest BCUT2D eigenvalue weighted by Gasteiger charge is -2.28. The molecule has 0 heterocycles. The van der Waals surface area contributed by atoms with Crippen molar-refractivity contribution in [2.24, 2.45) is 5.41 Å². The average molecular weight is 294 g/mol. The van der Waals surface area contributed by atoms with Gasteiger partial charge in [0.1, 0.15) is 11.5 Å². The van der Waals surface area contributed by atoms with Crippen molar-refractivity contribution in [2.75, 3.05) is 18.9 Å². The zero-order chi connectivity index (χ0) is 15.9. The number of phenolic OH excluding ortho intramolecular Hbond substituents is 2. The van der Waals surface area contributed by atoms with Gasteiger partial charge in [-0.05, 0) is 31.8 Å². The summed E-state index contributed by atoms with van der Waals surface area (Å²) in [5.74, 6) is -0.250. The Morgan fingerprint density at radius 2 is 1.81 bits per heavy atom. The van der Waals surface area contributed by atoms with Crippen LogP contribution in [0, 0.1) is 5.41 Å². The van der Waals surface area contributed by atoms with E-state index >= 15 is 0 Å². The molecule has 0 radical (unpaired) electrons. The number of aromatic hydroxyl groups is 2. The maximum absolute atomic E-state index is 12.0. The Balaban J connectivity index is 2.53. The van der Waals surface area contributed by atoms with Crippen LogP contribution in [0.2, 0.25) is 0 Å². The van der Waals surface area contributed by atoms with Crippen LogP contribution in [0.1, 0.15) is 39.5 Å². The molecule has 0 aromatic heterocycles. The van der Waals surface area contributed by atoms with Crippen molar-refractivity contribution in [2.45, 2.75) is 39.5 Å². The van der Waals surface area contributed by atoms with Gasteiger partial charge in [-0.1, -0.05) is 20.3 Å². The molecule has 0 bridgehead atoms. The van der Waals surface area contributed by atoms with Crippen LogP contribution in [0.5, 0.6) is 11.5 Å². The minimum absolute atomic E-state index is 0.0716. The topological polar surface area (TPSA) is 81.6 Å². The lowest BCUT2D eigenvalue weighted by atomic mass is 9.79. The van der Waals surface area contributed by atoms with E-state index in [2.05, 4.69) is 24.5 Å². The van der Waals surface area contributed by atoms with Crippen LogP contribution in [-0.2, 0) is 4.79 Å². The molecule has 0 aliphatic heterocycles. The largest absolute Gasteiger partial charge is 0.508 e. The molecule has 5 heteroatoms. The van der Waals surface area contributed by atoms with Crippen molar-refractivity contribution in [1.82, 2.24) is 5.32 Å². The summed E-state index contributed by atoms with van der Waals surface area (Å²) in [5, 5.41) is 24.6. The van der Waals surface area contributed by atoms with E-state index in [4.69, 9.17) is 0 Å². The fourth-order valence-corrected chi connectivity index (χ4v) is 2.21. The lowest BCUT2D eigenvalue weighted by Crippen LogP contribution is -2.24. The summed E-state index contributed by atoms with van der Waals surface area (Å²) >= 11 is 0. The Morgan fingerprint density at radius 3 is 2.33 bits per heavy atom. The van der Waals surface area contributed by atoms with E-state index in [9.17, 15) is 15.0 Å². The van der Waals surface area contributed by atoms with Gasteiger partial charge in [-0.2, -0.15) is 0 Å². The van der Waals surface area contributed by atoms with Crippen LogP contribution in [0.15, 0.2) is 18.2 Å². The number of nitrogens with one attached hydrogen (secondary N) is 2. The van der Waals surface area contributed by atoms with Crippen molar-refractivity contribution >= 4 is 11.6 Å². The molecular formula is C16H26N2O3. The Bertz CT molecular complexity index is 456. The third-order valence-corrected chi connectivity index (χ3v) is 3.97. The molecule has 0 saturated carbocycles. The Kier molecular flexibility index (Phi) is 6.49. The van der Waals surface area contributed by atoms with Crippen molar-refractivity contribution in [3.8, 4) is 11.5 Å². The molecule has 1 aromatic rings. The molecule has 0 aliphatic rings. The summed E-state index contributed by atoms with van der Waals surface area (Å²) in [7, 11) is 1.93.